The van der Waals surface area contributed by atoms with E-state index in [0.29, 0.717) is 5.82 Å². The fourth-order valence-corrected chi connectivity index (χ4v) is 3.22. The topological polar surface area (TPSA) is 96.1 Å². The van der Waals surface area contributed by atoms with Crippen LogP contribution in [0, 0.1) is 13.8 Å². The van der Waals surface area contributed by atoms with Crippen LogP contribution in [0.15, 0.2) is 24.4 Å². The Balaban J connectivity index is 1.53. The van der Waals surface area contributed by atoms with Crippen LogP contribution in [-0.2, 0) is 11.3 Å². The molecule has 0 fully saturated rings. The maximum atomic E-state index is 12.4. The Morgan fingerprint density at radius 1 is 1.21 bits per heavy atom. The molecule has 3 aromatic rings. The summed E-state index contributed by atoms with van der Waals surface area (Å²) in [4.78, 5) is 14.0. The first-order chi connectivity index (χ1) is 13.4. The average molecular weight is 382 g/mol. The third-order valence-electron chi connectivity index (χ3n) is 4.57. The molecule has 4 rings (SSSR count). The number of nitrogens with zero attached hydrogens (tertiary/aromatic N) is 5. The summed E-state index contributed by atoms with van der Waals surface area (Å²) in [5.74, 6) is 1.67. The van der Waals surface area contributed by atoms with Crippen LogP contribution < -0.4 is 14.8 Å². The lowest BCUT2D eigenvalue weighted by Crippen LogP contribution is -2.20. The van der Waals surface area contributed by atoms with E-state index in [9.17, 15) is 4.79 Å². The predicted molar refractivity (Wildman–Crippen MR) is 102 cm³/mol. The zero-order valence-corrected chi connectivity index (χ0v) is 16.3. The SMILES string of the molecule is Cc1nn(CC(=O)Nc2cnn(C(C)C)n2)c(C)c1-c1ccc2c(c1)OCO2. The monoisotopic (exact) mass is 382 g/mol. The fraction of sp³-hybridized carbons (Fsp3) is 0.368. The summed E-state index contributed by atoms with van der Waals surface area (Å²) in [7, 11) is 0. The fourth-order valence-electron chi connectivity index (χ4n) is 3.22. The molecule has 146 valence electrons. The van der Waals surface area contributed by atoms with Crippen molar-refractivity contribution in [1.29, 1.82) is 0 Å². The maximum Gasteiger partial charge on any atom is 0.247 e. The van der Waals surface area contributed by atoms with Crippen molar-refractivity contribution in [2.75, 3.05) is 12.1 Å². The molecule has 0 bridgehead atoms. The Kier molecular flexibility index (Phi) is 4.50. The minimum atomic E-state index is -0.210. The van der Waals surface area contributed by atoms with Crippen LogP contribution in [0.2, 0.25) is 0 Å². The average Bonchev–Trinajstić information content (AvgIpc) is 3.34. The summed E-state index contributed by atoms with van der Waals surface area (Å²) in [6.45, 7) is 8.14. The minimum absolute atomic E-state index is 0.0891. The molecule has 9 nitrogen and oxygen atoms in total. The molecule has 0 unspecified atom stereocenters. The lowest BCUT2D eigenvalue weighted by molar-refractivity contribution is -0.117. The largest absolute Gasteiger partial charge is 0.454 e. The lowest BCUT2D eigenvalue weighted by Gasteiger charge is -2.07. The quantitative estimate of drug-likeness (QED) is 0.729. The summed E-state index contributed by atoms with van der Waals surface area (Å²) in [5.41, 5.74) is 3.70. The van der Waals surface area contributed by atoms with Crippen LogP contribution >= 0.6 is 0 Å². The molecule has 0 saturated heterocycles. The van der Waals surface area contributed by atoms with E-state index in [1.807, 2.05) is 45.9 Å². The standard InChI is InChI=1S/C19H22N6O3/c1-11(2)25-20-8-17(23-25)21-18(26)9-24-13(4)19(12(3)22-24)14-5-6-15-16(7-14)28-10-27-15/h5-8,11H,9-10H2,1-4H3,(H,21,23,26). The van der Waals surface area contributed by atoms with E-state index in [4.69, 9.17) is 9.47 Å². The molecule has 0 spiro atoms. The molecular weight excluding hydrogens is 360 g/mol. The second-order valence-corrected chi connectivity index (χ2v) is 6.96. The number of anilines is 1. The number of fused-ring (bicyclic) bond motifs is 1. The van der Waals surface area contributed by atoms with E-state index in [1.165, 1.54) is 6.20 Å². The van der Waals surface area contributed by atoms with Crippen LogP contribution in [0.25, 0.3) is 11.1 Å². The van der Waals surface area contributed by atoms with Gasteiger partial charge in [-0.05, 0) is 45.4 Å². The Morgan fingerprint density at radius 3 is 2.75 bits per heavy atom. The number of amides is 1. The molecule has 2 aromatic heterocycles. The van der Waals surface area contributed by atoms with Gasteiger partial charge in [0.25, 0.3) is 0 Å². The minimum Gasteiger partial charge on any atom is -0.454 e. The molecular formula is C19H22N6O3. The van der Waals surface area contributed by atoms with E-state index in [0.717, 1.165) is 34.0 Å². The molecule has 0 saturated carbocycles. The van der Waals surface area contributed by atoms with Crippen molar-refractivity contribution in [2.24, 2.45) is 0 Å². The number of benzene rings is 1. The van der Waals surface area contributed by atoms with Gasteiger partial charge in [0, 0.05) is 11.3 Å². The molecule has 1 N–H and O–H groups in total. The number of aryl methyl sites for hydroxylation is 1. The molecule has 3 heterocycles. The van der Waals surface area contributed by atoms with Gasteiger partial charge in [-0.3, -0.25) is 9.48 Å². The summed E-state index contributed by atoms with van der Waals surface area (Å²) in [6, 6.07) is 5.93. The van der Waals surface area contributed by atoms with Crippen molar-refractivity contribution in [3.8, 4) is 22.6 Å². The third-order valence-corrected chi connectivity index (χ3v) is 4.57. The highest BCUT2D eigenvalue weighted by Crippen LogP contribution is 2.37. The number of nitrogens with one attached hydrogen (secondary N) is 1. The molecule has 28 heavy (non-hydrogen) atoms. The Labute approximate surface area is 162 Å². The van der Waals surface area contributed by atoms with E-state index >= 15 is 0 Å². The third kappa shape index (κ3) is 3.30. The van der Waals surface area contributed by atoms with Crippen LogP contribution in [-0.4, -0.2) is 37.5 Å². The van der Waals surface area contributed by atoms with Crippen molar-refractivity contribution in [1.82, 2.24) is 24.8 Å². The lowest BCUT2D eigenvalue weighted by atomic mass is 10.0. The van der Waals surface area contributed by atoms with Gasteiger partial charge in [-0.2, -0.15) is 15.0 Å². The van der Waals surface area contributed by atoms with Gasteiger partial charge in [-0.15, -0.1) is 5.10 Å². The molecule has 1 aliphatic rings. The molecule has 9 heteroatoms. The van der Waals surface area contributed by atoms with Gasteiger partial charge in [0.1, 0.15) is 6.54 Å². The first kappa shape index (κ1) is 18.0. The predicted octanol–water partition coefficient (Wildman–Crippen LogP) is 2.71. The van der Waals surface area contributed by atoms with Gasteiger partial charge in [0.15, 0.2) is 17.3 Å². The molecule has 1 amide bonds. The van der Waals surface area contributed by atoms with E-state index in [2.05, 4.69) is 20.6 Å². The maximum absolute atomic E-state index is 12.4. The zero-order chi connectivity index (χ0) is 19.8. The number of ether oxygens (including phenoxy) is 2. The Hall–Kier alpha value is -3.36. The highest BCUT2D eigenvalue weighted by Gasteiger charge is 2.19. The Bertz CT molecular complexity index is 1040. The second-order valence-electron chi connectivity index (χ2n) is 6.96. The number of carbonyl (C=O) groups excluding carboxylic acids is 1. The number of hydrogen-bond acceptors (Lipinski definition) is 6. The molecule has 1 aromatic carbocycles. The van der Waals surface area contributed by atoms with Gasteiger partial charge in [-0.1, -0.05) is 6.07 Å². The number of aromatic nitrogens is 5. The van der Waals surface area contributed by atoms with Crippen molar-refractivity contribution >= 4 is 11.7 Å². The molecule has 0 radical (unpaired) electrons. The van der Waals surface area contributed by atoms with Crippen LogP contribution in [0.1, 0.15) is 31.3 Å². The van der Waals surface area contributed by atoms with Crippen LogP contribution in [0.3, 0.4) is 0 Å². The molecule has 0 atom stereocenters. The smallest absolute Gasteiger partial charge is 0.247 e. The second kappa shape index (κ2) is 6.99. The Morgan fingerprint density at radius 2 is 2.00 bits per heavy atom. The normalized spacial score (nSPS) is 12.6. The van der Waals surface area contributed by atoms with Gasteiger partial charge in [-0.25, -0.2) is 0 Å². The van der Waals surface area contributed by atoms with Crippen molar-refractivity contribution in [3.05, 3.63) is 35.8 Å². The van der Waals surface area contributed by atoms with Crippen molar-refractivity contribution in [3.63, 3.8) is 0 Å². The first-order valence-corrected chi connectivity index (χ1v) is 9.08. The highest BCUT2D eigenvalue weighted by molar-refractivity contribution is 5.89. The van der Waals surface area contributed by atoms with Gasteiger partial charge in [0.05, 0.1) is 17.9 Å². The van der Waals surface area contributed by atoms with Crippen LogP contribution in [0.4, 0.5) is 5.82 Å². The zero-order valence-electron chi connectivity index (χ0n) is 16.3. The van der Waals surface area contributed by atoms with Crippen LogP contribution in [0.5, 0.6) is 11.5 Å². The van der Waals surface area contributed by atoms with Crippen molar-refractivity contribution in [2.45, 2.75) is 40.3 Å². The highest BCUT2D eigenvalue weighted by atomic mass is 16.7. The number of carbonyl (C=O) groups is 1. The van der Waals surface area contributed by atoms with E-state index in [-0.39, 0.29) is 25.3 Å². The van der Waals surface area contributed by atoms with E-state index in [1.54, 1.807) is 9.48 Å². The number of hydrogen-bond donors (Lipinski definition) is 1. The van der Waals surface area contributed by atoms with Gasteiger partial charge in [0.2, 0.25) is 12.7 Å². The van der Waals surface area contributed by atoms with Gasteiger partial charge < -0.3 is 14.8 Å². The molecule has 0 aliphatic carbocycles. The first-order valence-electron chi connectivity index (χ1n) is 9.08. The van der Waals surface area contributed by atoms with Gasteiger partial charge >= 0.3 is 0 Å². The van der Waals surface area contributed by atoms with E-state index < -0.39 is 0 Å². The summed E-state index contributed by atoms with van der Waals surface area (Å²) in [5, 5.41) is 15.7. The molecule has 1 aliphatic heterocycles. The van der Waals surface area contributed by atoms with Crippen molar-refractivity contribution < 1.29 is 14.3 Å². The summed E-state index contributed by atoms with van der Waals surface area (Å²) >= 11 is 0. The number of rotatable bonds is 5. The summed E-state index contributed by atoms with van der Waals surface area (Å²) in [6.07, 6.45) is 1.54. The summed E-state index contributed by atoms with van der Waals surface area (Å²) < 4.78 is 12.5.